The van der Waals surface area contributed by atoms with Crippen molar-refractivity contribution in [3.63, 3.8) is 0 Å². The first-order chi connectivity index (χ1) is 13.0. The van der Waals surface area contributed by atoms with Gasteiger partial charge in [-0.1, -0.05) is 6.07 Å². The molecule has 140 valence electrons. The third-order valence-corrected chi connectivity index (χ3v) is 5.14. The molecule has 1 saturated heterocycles. The summed E-state index contributed by atoms with van der Waals surface area (Å²) in [6, 6.07) is 5.79. The van der Waals surface area contributed by atoms with E-state index in [0.717, 1.165) is 17.7 Å². The van der Waals surface area contributed by atoms with Gasteiger partial charge in [0.25, 0.3) is 5.56 Å². The van der Waals surface area contributed by atoms with Gasteiger partial charge in [0.1, 0.15) is 11.6 Å². The monoisotopic (exact) mass is 365 g/mol. The van der Waals surface area contributed by atoms with E-state index in [9.17, 15) is 14.9 Å². The van der Waals surface area contributed by atoms with Crippen LogP contribution >= 0.6 is 0 Å². The maximum Gasteiger partial charge on any atom is 0.266 e. The molecule has 1 fully saturated rings. The van der Waals surface area contributed by atoms with Crippen molar-refractivity contribution >= 4 is 5.91 Å². The fraction of sp³-hybridized carbons (Fsp3) is 0.400. The van der Waals surface area contributed by atoms with E-state index in [-0.39, 0.29) is 23.1 Å². The highest BCUT2D eigenvalue weighted by molar-refractivity contribution is 5.77. The highest BCUT2D eigenvalue weighted by Gasteiger charge is 2.28. The Hall–Kier alpha value is -2.98. The summed E-state index contributed by atoms with van der Waals surface area (Å²) in [5, 5.41) is 12.5. The van der Waals surface area contributed by atoms with Gasteiger partial charge in [0.2, 0.25) is 5.91 Å². The maximum atomic E-state index is 12.9. The maximum absolute atomic E-state index is 12.9. The van der Waals surface area contributed by atoms with Crippen LogP contribution in [0.5, 0.6) is 0 Å². The number of rotatable bonds is 4. The van der Waals surface area contributed by atoms with Gasteiger partial charge in [0.05, 0.1) is 6.04 Å². The van der Waals surface area contributed by atoms with Gasteiger partial charge in [-0.25, -0.2) is 0 Å². The molecular weight excluding hydrogens is 342 g/mol. The first-order valence-electron chi connectivity index (χ1n) is 9.05. The molecule has 1 aliphatic rings. The largest absolute Gasteiger partial charge is 0.333 e. The van der Waals surface area contributed by atoms with Crippen LogP contribution in [0.25, 0.3) is 0 Å². The number of carbonyl (C=O) groups is 1. The fourth-order valence-corrected chi connectivity index (χ4v) is 3.67. The fourth-order valence-electron chi connectivity index (χ4n) is 3.67. The summed E-state index contributed by atoms with van der Waals surface area (Å²) in [5.74, 6) is 0.0638. The van der Waals surface area contributed by atoms with Crippen molar-refractivity contribution in [2.45, 2.75) is 32.7 Å². The topological polar surface area (TPSA) is 102 Å². The van der Waals surface area contributed by atoms with E-state index in [4.69, 9.17) is 0 Å². The highest BCUT2D eigenvalue weighted by atomic mass is 16.2. The van der Waals surface area contributed by atoms with Crippen LogP contribution in [0.2, 0.25) is 0 Å². The summed E-state index contributed by atoms with van der Waals surface area (Å²) in [6.45, 7) is 5.68. The molecule has 2 aromatic rings. The number of aryl methyl sites for hydroxylation is 1. The summed E-state index contributed by atoms with van der Waals surface area (Å²) >= 11 is 0. The summed E-state index contributed by atoms with van der Waals surface area (Å²) in [6.07, 6.45) is 4.34. The van der Waals surface area contributed by atoms with E-state index in [1.807, 2.05) is 23.1 Å². The number of hydrogen-bond donors (Lipinski definition) is 2. The number of aromatic nitrogens is 2. The van der Waals surface area contributed by atoms with Crippen LogP contribution in [-0.4, -0.2) is 40.4 Å². The predicted molar refractivity (Wildman–Crippen MR) is 101 cm³/mol. The number of carbonyl (C=O) groups excluding carboxylic acids is 1. The number of pyridine rings is 2. The molecule has 2 N–H and O–H groups in total. The Bertz CT molecular complexity index is 930. The van der Waals surface area contributed by atoms with Crippen molar-refractivity contribution in [1.29, 1.82) is 5.26 Å². The molecule has 1 amide bonds. The van der Waals surface area contributed by atoms with Crippen molar-refractivity contribution in [3.8, 4) is 6.07 Å². The van der Waals surface area contributed by atoms with Gasteiger partial charge in [0, 0.05) is 44.1 Å². The van der Waals surface area contributed by atoms with Gasteiger partial charge < -0.3 is 15.2 Å². The molecule has 1 aliphatic heterocycles. The zero-order chi connectivity index (χ0) is 19.4. The molecule has 0 spiro atoms. The number of nitrogens with zero attached hydrogens (tertiary/aromatic N) is 3. The Morgan fingerprint density at radius 3 is 2.96 bits per heavy atom. The van der Waals surface area contributed by atoms with E-state index in [2.05, 4.69) is 15.3 Å². The lowest BCUT2D eigenvalue weighted by Crippen LogP contribution is -2.48. The van der Waals surface area contributed by atoms with Crippen LogP contribution in [0.15, 0.2) is 29.3 Å². The Labute approximate surface area is 158 Å². The summed E-state index contributed by atoms with van der Waals surface area (Å²) in [4.78, 5) is 33.6. The van der Waals surface area contributed by atoms with E-state index in [1.165, 1.54) is 0 Å². The molecular formula is C20H23N5O2. The molecule has 0 saturated carbocycles. The summed E-state index contributed by atoms with van der Waals surface area (Å²) < 4.78 is 0. The van der Waals surface area contributed by atoms with Gasteiger partial charge in [-0.2, -0.15) is 5.26 Å². The number of hydrogen-bond acceptors (Lipinski definition) is 5. The smallest absolute Gasteiger partial charge is 0.266 e. The Balaban J connectivity index is 1.77. The van der Waals surface area contributed by atoms with Crippen LogP contribution in [0, 0.1) is 25.2 Å². The molecule has 3 heterocycles. The average Bonchev–Trinajstić information content (AvgIpc) is 2.68. The highest BCUT2D eigenvalue weighted by Crippen LogP contribution is 2.23. The third kappa shape index (κ3) is 3.91. The molecule has 0 radical (unpaired) electrons. The molecule has 0 bridgehead atoms. The molecule has 0 aliphatic carbocycles. The zero-order valence-electron chi connectivity index (χ0n) is 15.6. The number of H-pyrrole nitrogens is 1. The number of nitriles is 1. The van der Waals surface area contributed by atoms with Gasteiger partial charge >= 0.3 is 0 Å². The SMILES string of the molecule is Cc1[nH]c(=O)c(C#N)c(C)c1CCC(=O)N1CCNCC1c1cccnc1. The Morgan fingerprint density at radius 2 is 2.26 bits per heavy atom. The molecule has 7 heteroatoms. The zero-order valence-corrected chi connectivity index (χ0v) is 15.6. The predicted octanol–water partition coefficient (Wildman–Crippen LogP) is 1.36. The van der Waals surface area contributed by atoms with Crippen LogP contribution in [0.1, 0.15) is 40.4 Å². The number of piperazine rings is 1. The van der Waals surface area contributed by atoms with Gasteiger partial charge in [-0.15, -0.1) is 0 Å². The molecule has 7 nitrogen and oxygen atoms in total. The van der Waals surface area contributed by atoms with Gasteiger partial charge in [-0.3, -0.25) is 14.6 Å². The van der Waals surface area contributed by atoms with Crippen molar-refractivity contribution in [2.24, 2.45) is 0 Å². The van der Waals surface area contributed by atoms with Gasteiger partial charge in [-0.05, 0) is 43.0 Å². The lowest BCUT2D eigenvalue weighted by molar-refractivity contribution is -0.134. The van der Waals surface area contributed by atoms with Crippen molar-refractivity contribution in [2.75, 3.05) is 19.6 Å². The van der Waals surface area contributed by atoms with Crippen molar-refractivity contribution in [1.82, 2.24) is 20.2 Å². The molecule has 0 aromatic carbocycles. The Morgan fingerprint density at radius 1 is 1.44 bits per heavy atom. The third-order valence-electron chi connectivity index (χ3n) is 5.14. The molecule has 2 aromatic heterocycles. The lowest BCUT2D eigenvalue weighted by Gasteiger charge is -2.36. The van der Waals surface area contributed by atoms with E-state index in [1.54, 1.807) is 26.2 Å². The van der Waals surface area contributed by atoms with Crippen molar-refractivity contribution in [3.05, 3.63) is 62.8 Å². The molecule has 1 unspecified atom stereocenters. The summed E-state index contributed by atoms with van der Waals surface area (Å²) in [5.41, 5.74) is 3.01. The van der Waals surface area contributed by atoms with Crippen molar-refractivity contribution < 1.29 is 4.79 Å². The quantitative estimate of drug-likeness (QED) is 0.852. The molecule has 3 rings (SSSR count). The molecule has 27 heavy (non-hydrogen) atoms. The first kappa shape index (κ1) is 18.8. The van der Waals surface area contributed by atoms with E-state index in [0.29, 0.717) is 37.2 Å². The minimum Gasteiger partial charge on any atom is -0.333 e. The second-order valence-corrected chi connectivity index (χ2v) is 6.76. The second kappa shape index (κ2) is 8.14. The lowest BCUT2D eigenvalue weighted by atomic mass is 9.98. The van der Waals surface area contributed by atoms with Gasteiger partial charge in [0.15, 0.2) is 0 Å². The number of amides is 1. The summed E-state index contributed by atoms with van der Waals surface area (Å²) in [7, 11) is 0. The average molecular weight is 365 g/mol. The number of aromatic amines is 1. The van der Waals surface area contributed by atoms with Crippen LogP contribution < -0.4 is 10.9 Å². The molecule has 1 atom stereocenters. The standard InChI is InChI=1S/C20H23N5O2/c1-13-16(14(2)24-20(27)17(13)10-21)5-6-19(26)25-9-8-23-12-18(25)15-4-3-7-22-11-15/h3-4,7,11,18,23H,5-6,8-9,12H2,1-2H3,(H,24,27). The van der Waals surface area contributed by atoms with Crippen LogP contribution in [0.3, 0.4) is 0 Å². The van der Waals surface area contributed by atoms with E-state index >= 15 is 0 Å². The minimum absolute atomic E-state index is 0.0348. The first-order valence-corrected chi connectivity index (χ1v) is 9.05. The van der Waals surface area contributed by atoms with Crippen LogP contribution in [0.4, 0.5) is 0 Å². The normalized spacial score (nSPS) is 16.8. The number of nitrogens with one attached hydrogen (secondary N) is 2. The second-order valence-electron chi connectivity index (χ2n) is 6.76. The van der Waals surface area contributed by atoms with E-state index < -0.39 is 0 Å². The Kier molecular flexibility index (Phi) is 5.67. The minimum atomic E-state index is -0.374. The van der Waals surface area contributed by atoms with Crippen LogP contribution in [-0.2, 0) is 11.2 Å².